The second-order valence-corrected chi connectivity index (χ2v) is 5.10. The van der Waals surface area contributed by atoms with Crippen molar-refractivity contribution >= 4 is 0 Å². The third-order valence-corrected chi connectivity index (χ3v) is 3.77. The van der Waals surface area contributed by atoms with E-state index >= 15 is 0 Å². The van der Waals surface area contributed by atoms with E-state index in [2.05, 4.69) is 24.4 Å². The van der Waals surface area contributed by atoms with Crippen molar-refractivity contribution in [3.05, 3.63) is 29.8 Å². The number of hydrogen-bond acceptors (Lipinski definition) is 3. The van der Waals surface area contributed by atoms with E-state index in [0.29, 0.717) is 12.1 Å². The van der Waals surface area contributed by atoms with E-state index in [1.807, 2.05) is 12.1 Å². The maximum atomic E-state index is 5.71. The summed E-state index contributed by atoms with van der Waals surface area (Å²) in [5.41, 5.74) is 1.33. The minimum atomic E-state index is 0.417. The molecule has 106 valence electrons. The van der Waals surface area contributed by atoms with Gasteiger partial charge in [0.25, 0.3) is 0 Å². The molecule has 0 amide bonds. The number of rotatable bonds is 7. The van der Waals surface area contributed by atoms with Crippen molar-refractivity contribution in [1.29, 1.82) is 0 Å². The molecule has 1 aromatic rings. The van der Waals surface area contributed by atoms with E-state index in [-0.39, 0.29) is 0 Å². The average Bonchev–Trinajstić information content (AvgIpc) is 2.97. The van der Waals surface area contributed by atoms with E-state index in [9.17, 15) is 0 Å². The van der Waals surface area contributed by atoms with Crippen LogP contribution in [-0.2, 0) is 4.74 Å². The van der Waals surface area contributed by atoms with Crippen molar-refractivity contribution in [2.24, 2.45) is 0 Å². The molecule has 0 radical (unpaired) electrons. The maximum absolute atomic E-state index is 5.71. The summed E-state index contributed by atoms with van der Waals surface area (Å²) in [5.74, 6) is 0.915. The molecule has 0 saturated carbocycles. The highest BCUT2D eigenvalue weighted by Crippen LogP contribution is 2.25. The molecule has 1 aliphatic heterocycles. The van der Waals surface area contributed by atoms with Crippen LogP contribution in [0.4, 0.5) is 0 Å². The standard InChI is InChI=1S/C16H25NO2/c1-3-17-16(11-10-15-5-4-12-19-15)13-6-8-14(18-2)9-7-13/h6-9,15-17H,3-5,10-12H2,1-2H3. The van der Waals surface area contributed by atoms with Crippen LogP contribution in [0.25, 0.3) is 0 Å². The fraction of sp³-hybridized carbons (Fsp3) is 0.625. The van der Waals surface area contributed by atoms with Gasteiger partial charge in [-0.05, 0) is 49.9 Å². The summed E-state index contributed by atoms with van der Waals surface area (Å²) in [6.45, 7) is 4.09. The molecule has 1 saturated heterocycles. The lowest BCUT2D eigenvalue weighted by atomic mass is 9.99. The first kappa shape index (κ1) is 14.4. The fourth-order valence-corrected chi connectivity index (χ4v) is 2.69. The zero-order chi connectivity index (χ0) is 13.5. The molecule has 2 rings (SSSR count). The van der Waals surface area contributed by atoms with Crippen LogP contribution in [0.3, 0.4) is 0 Å². The van der Waals surface area contributed by atoms with Crippen molar-refractivity contribution in [2.75, 3.05) is 20.3 Å². The van der Waals surface area contributed by atoms with Crippen LogP contribution in [-0.4, -0.2) is 26.4 Å². The number of ether oxygens (including phenoxy) is 2. The van der Waals surface area contributed by atoms with E-state index in [1.165, 1.54) is 18.4 Å². The van der Waals surface area contributed by atoms with Crippen molar-refractivity contribution in [3.8, 4) is 5.75 Å². The van der Waals surface area contributed by atoms with Crippen molar-refractivity contribution in [3.63, 3.8) is 0 Å². The maximum Gasteiger partial charge on any atom is 0.118 e. The molecule has 0 spiro atoms. The van der Waals surface area contributed by atoms with Gasteiger partial charge in [0.2, 0.25) is 0 Å². The Morgan fingerprint density at radius 1 is 1.37 bits per heavy atom. The van der Waals surface area contributed by atoms with E-state index < -0.39 is 0 Å². The Morgan fingerprint density at radius 3 is 2.74 bits per heavy atom. The van der Waals surface area contributed by atoms with Gasteiger partial charge in [0.05, 0.1) is 13.2 Å². The summed E-state index contributed by atoms with van der Waals surface area (Å²) in [6, 6.07) is 8.79. The third kappa shape index (κ3) is 4.22. The summed E-state index contributed by atoms with van der Waals surface area (Å²) in [5, 5.41) is 3.56. The molecule has 3 heteroatoms. The van der Waals surface area contributed by atoms with E-state index in [4.69, 9.17) is 9.47 Å². The van der Waals surface area contributed by atoms with Crippen LogP contribution in [0.1, 0.15) is 44.2 Å². The molecule has 1 aromatic carbocycles. The first-order valence-corrected chi connectivity index (χ1v) is 7.32. The lowest BCUT2D eigenvalue weighted by molar-refractivity contribution is 0.0996. The van der Waals surface area contributed by atoms with E-state index in [0.717, 1.165) is 31.7 Å². The molecule has 2 atom stereocenters. The number of benzene rings is 1. The summed E-state index contributed by atoms with van der Waals surface area (Å²) < 4.78 is 10.9. The Labute approximate surface area is 116 Å². The van der Waals surface area contributed by atoms with Gasteiger partial charge in [0.15, 0.2) is 0 Å². The Kier molecular flexibility index (Phi) is 5.67. The van der Waals surface area contributed by atoms with Crippen LogP contribution >= 0.6 is 0 Å². The first-order valence-electron chi connectivity index (χ1n) is 7.32. The van der Waals surface area contributed by atoms with Crippen LogP contribution in [0, 0.1) is 0 Å². The molecule has 1 heterocycles. The Morgan fingerprint density at radius 2 is 2.16 bits per heavy atom. The van der Waals surface area contributed by atoms with Crippen LogP contribution in [0.5, 0.6) is 5.75 Å². The van der Waals surface area contributed by atoms with Gasteiger partial charge in [0.1, 0.15) is 5.75 Å². The van der Waals surface area contributed by atoms with Gasteiger partial charge in [-0.25, -0.2) is 0 Å². The molecule has 0 bridgehead atoms. The largest absolute Gasteiger partial charge is 0.497 e. The van der Waals surface area contributed by atoms with Gasteiger partial charge in [-0.3, -0.25) is 0 Å². The van der Waals surface area contributed by atoms with Gasteiger partial charge in [-0.15, -0.1) is 0 Å². The second-order valence-electron chi connectivity index (χ2n) is 5.10. The van der Waals surface area contributed by atoms with Gasteiger partial charge in [0, 0.05) is 12.6 Å². The lowest BCUT2D eigenvalue weighted by Crippen LogP contribution is -2.22. The lowest BCUT2D eigenvalue weighted by Gasteiger charge is -2.20. The zero-order valence-electron chi connectivity index (χ0n) is 12.0. The minimum absolute atomic E-state index is 0.417. The Balaban J connectivity index is 1.92. The smallest absolute Gasteiger partial charge is 0.118 e. The van der Waals surface area contributed by atoms with Gasteiger partial charge >= 0.3 is 0 Å². The molecule has 1 aliphatic rings. The third-order valence-electron chi connectivity index (χ3n) is 3.77. The van der Waals surface area contributed by atoms with Crippen molar-refractivity contribution in [2.45, 2.75) is 44.8 Å². The van der Waals surface area contributed by atoms with Crippen molar-refractivity contribution in [1.82, 2.24) is 5.32 Å². The quantitative estimate of drug-likeness (QED) is 0.818. The monoisotopic (exact) mass is 263 g/mol. The predicted octanol–water partition coefficient (Wildman–Crippen LogP) is 3.31. The summed E-state index contributed by atoms with van der Waals surface area (Å²) in [7, 11) is 1.70. The van der Waals surface area contributed by atoms with Gasteiger partial charge in [-0.2, -0.15) is 0 Å². The van der Waals surface area contributed by atoms with E-state index in [1.54, 1.807) is 7.11 Å². The summed E-state index contributed by atoms with van der Waals surface area (Å²) in [6.07, 6.45) is 5.19. The summed E-state index contributed by atoms with van der Waals surface area (Å²) >= 11 is 0. The highest BCUT2D eigenvalue weighted by molar-refractivity contribution is 5.29. The highest BCUT2D eigenvalue weighted by atomic mass is 16.5. The van der Waals surface area contributed by atoms with Crippen LogP contribution in [0.15, 0.2) is 24.3 Å². The minimum Gasteiger partial charge on any atom is -0.497 e. The average molecular weight is 263 g/mol. The topological polar surface area (TPSA) is 30.5 Å². The Bertz CT molecular complexity index is 358. The normalized spacial score (nSPS) is 20.4. The fourth-order valence-electron chi connectivity index (χ4n) is 2.69. The van der Waals surface area contributed by atoms with Gasteiger partial charge < -0.3 is 14.8 Å². The van der Waals surface area contributed by atoms with Crippen molar-refractivity contribution < 1.29 is 9.47 Å². The SMILES string of the molecule is CCNC(CCC1CCCO1)c1ccc(OC)cc1. The molecule has 0 aliphatic carbocycles. The first-order chi connectivity index (χ1) is 9.33. The molecule has 1 N–H and O–H groups in total. The number of nitrogens with one attached hydrogen (secondary N) is 1. The molecule has 2 unspecified atom stereocenters. The molecule has 3 nitrogen and oxygen atoms in total. The van der Waals surface area contributed by atoms with Gasteiger partial charge in [-0.1, -0.05) is 19.1 Å². The summed E-state index contributed by atoms with van der Waals surface area (Å²) in [4.78, 5) is 0. The number of methoxy groups -OCH3 is 1. The van der Waals surface area contributed by atoms with Crippen LogP contribution < -0.4 is 10.1 Å². The predicted molar refractivity (Wildman–Crippen MR) is 77.6 cm³/mol. The highest BCUT2D eigenvalue weighted by Gasteiger charge is 2.18. The number of hydrogen-bond donors (Lipinski definition) is 1. The molecule has 19 heavy (non-hydrogen) atoms. The molecule has 1 fully saturated rings. The van der Waals surface area contributed by atoms with Crippen LogP contribution in [0.2, 0.25) is 0 Å². The Hall–Kier alpha value is -1.06. The molecule has 0 aromatic heterocycles. The zero-order valence-corrected chi connectivity index (χ0v) is 12.0. The molecular weight excluding hydrogens is 238 g/mol. The molecular formula is C16H25NO2. The second kappa shape index (κ2) is 7.51.